The lowest BCUT2D eigenvalue weighted by Crippen LogP contribution is -2.25. The van der Waals surface area contributed by atoms with E-state index in [4.69, 9.17) is 33.2 Å². The van der Waals surface area contributed by atoms with Crippen LogP contribution in [0.15, 0.2) is 24.3 Å². The van der Waals surface area contributed by atoms with E-state index in [1.165, 1.54) is 193 Å². The zero-order chi connectivity index (χ0) is 48.6. The molecule has 2 atom stereocenters. The molecule has 0 saturated heterocycles. The lowest BCUT2D eigenvalue weighted by Gasteiger charge is -2.22. The molecule has 2 unspecified atom stereocenters. The molecule has 0 saturated carbocycles. The third kappa shape index (κ3) is 51.4. The molecule has 0 aromatic heterocycles. The molecule has 0 aliphatic heterocycles. The Hall–Kier alpha value is -0.800. The Labute approximate surface area is 419 Å². The molecule has 7 heteroatoms. The molecule has 0 heterocycles. The van der Waals surface area contributed by atoms with Crippen molar-refractivity contribution in [2.24, 2.45) is 0 Å². The largest absolute Gasteiger partial charge is 0.353 e. The van der Waals surface area contributed by atoms with Crippen LogP contribution in [-0.2, 0) is 33.2 Å². The molecular formula is C60H118O7. The summed E-state index contributed by atoms with van der Waals surface area (Å²) in [4.78, 5) is 0. The molecule has 0 spiro atoms. The van der Waals surface area contributed by atoms with Crippen LogP contribution in [0, 0.1) is 0 Å². The summed E-state index contributed by atoms with van der Waals surface area (Å²) in [6, 6.07) is 0. The second-order valence-electron chi connectivity index (χ2n) is 19.6. The quantitative estimate of drug-likeness (QED) is 0.0342. The van der Waals surface area contributed by atoms with E-state index in [-0.39, 0.29) is 25.2 Å². The van der Waals surface area contributed by atoms with Crippen LogP contribution in [0.3, 0.4) is 0 Å². The van der Waals surface area contributed by atoms with Gasteiger partial charge >= 0.3 is 0 Å². The summed E-state index contributed by atoms with van der Waals surface area (Å²) in [5.74, 6) is 0. The van der Waals surface area contributed by atoms with Crippen LogP contribution in [0.2, 0.25) is 0 Å². The highest BCUT2D eigenvalue weighted by Gasteiger charge is 2.14. The van der Waals surface area contributed by atoms with E-state index in [9.17, 15) is 0 Å². The molecule has 0 rings (SSSR count). The van der Waals surface area contributed by atoms with E-state index in [1.807, 2.05) is 0 Å². The van der Waals surface area contributed by atoms with Crippen LogP contribution in [0.4, 0.5) is 0 Å². The molecule has 7 nitrogen and oxygen atoms in total. The first kappa shape index (κ1) is 66.2. The third-order valence-electron chi connectivity index (χ3n) is 12.6. The number of hydrogen-bond acceptors (Lipinski definition) is 7. The first-order chi connectivity index (χ1) is 33.1. The van der Waals surface area contributed by atoms with Crippen molar-refractivity contribution in [3.05, 3.63) is 24.3 Å². The molecule has 400 valence electrons. The Morgan fingerprint density at radius 3 is 0.821 bits per heavy atom. The Balaban J connectivity index is 4.86. The highest BCUT2D eigenvalue weighted by molar-refractivity contribution is 4.90. The van der Waals surface area contributed by atoms with Gasteiger partial charge in [0.15, 0.2) is 25.2 Å². The van der Waals surface area contributed by atoms with Crippen molar-refractivity contribution >= 4 is 0 Å². The molecular weight excluding hydrogens is 833 g/mol. The molecule has 0 aliphatic carbocycles. The van der Waals surface area contributed by atoms with Crippen LogP contribution in [0.1, 0.15) is 298 Å². The Morgan fingerprint density at radius 1 is 0.254 bits per heavy atom. The summed E-state index contributed by atoms with van der Waals surface area (Å²) >= 11 is 0. The van der Waals surface area contributed by atoms with Crippen molar-refractivity contribution in [2.45, 2.75) is 324 Å². The van der Waals surface area contributed by atoms with Gasteiger partial charge in [-0.15, -0.1) is 0 Å². The van der Waals surface area contributed by atoms with Crippen molar-refractivity contribution in [2.75, 3.05) is 39.6 Å². The summed E-state index contributed by atoms with van der Waals surface area (Å²) in [5.41, 5.74) is 0. The minimum Gasteiger partial charge on any atom is -0.353 e. The highest BCUT2D eigenvalue weighted by atomic mass is 16.8. The smallest absolute Gasteiger partial charge is 0.180 e. The first-order valence-corrected chi connectivity index (χ1v) is 29.8. The third-order valence-corrected chi connectivity index (χ3v) is 12.6. The van der Waals surface area contributed by atoms with Crippen molar-refractivity contribution < 1.29 is 33.2 Å². The molecule has 0 bridgehead atoms. The second kappa shape index (κ2) is 57.8. The van der Waals surface area contributed by atoms with Crippen molar-refractivity contribution in [3.8, 4) is 0 Å². The standard InChI is InChI=1S/C60H118O7/c1-7-13-15-17-33-39-45-55-65-59(49-43-37-31-27-23-19-21-25-29-35-41-47-57(61-51-9-3)62-52-10-4)67-60(66-56-46-40-34-18-16-14-8-2)50-44-38-32-28-24-20-22-26-30-36-42-48-58(63-53-11-5)64-54-12-6/h43-44,49-50,57-60H,7-42,45-48,51-56H2,1-6H3. The van der Waals surface area contributed by atoms with Crippen LogP contribution < -0.4 is 0 Å². The van der Waals surface area contributed by atoms with Gasteiger partial charge in [-0.1, -0.05) is 221 Å². The monoisotopic (exact) mass is 951 g/mol. The Morgan fingerprint density at radius 2 is 0.522 bits per heavy atom. The topological polar surface area (TPSA) is 64.6 Å². The Kier molecular flexibility index (Phi) is 57.1. The normalized spacial score (nSPS) is 13.1. The van der Waals surface area contributed by atoms with Crippen molar-refractivity contribution in [3.63, 3.8) is 0 Å². The fourth-order valence-corrected chi connectivity index (χ4v) is 8.39. The minimum absolute atomic E-state index is 0.00722. The molecule has 67 heavy (non-hydrogen) atoms. The highest BCUT2D eigenvalue weighted by Crippen LogP contribution is 2.18. The number of allylic oxidation sites excluding steroid dienone is 2. The summed E-state index contributed by atoms with van der Waals surface area (Å²) in [5, 5.41) is 0. The average molecular weight is 952 g/mol. The zero-order valence-corrected chi connectivity index (χ0v) is 46.0. The first-order valence-electron chi connectivity index (χ1n) is 29.8. The minimum atomic E-state index is -0.374. The van der Waals surface area contributed by atoms with E-state index >= 15 is 0 Å². The van der Waals surface area contributed by atoms with Gasteiger partial charge in [0.25, 0.3) is 0 Å². The van der Waals surface area contributed by atoms with E-state index < -0.39 is 0 Å². The van der Waals surface area contributed by atoms with E-state index in [2.05, 4.69) is 65.8 Å². The van der Waals surface area contributed by atoms with Crippen LogP contribution >= 0.6 is 0 Å². The molecule has 0 aromatic rings. The van der Waals surface area contributed by atoms with E-state index in [0.717, 1.165) is 104 Å². The maximum atomic E-state index is 6.62. The summed E-state index contributed by atoms with van der Waals surface area (Å²) in [7, 11) is 0. The average Bonchev–Trinajstić information content (AvgIpc) is 3.34. The lowest BCUT2D eigenvalue weighted by molar-refractivity contribution is -0.208. The van der Waals surface area contributed by atoms with Gasteiger partial charge in [-0.25, -0.2) is 0 Å². The van der Waals surface area contributed by atoms with Gasteiger partial charge in [0.2, 0.25) is 0 Å². The van der Waals surface area contributed by atoms with Crippen LogP contribution in [0.5, 0.6) is 0 Å². The van der Waals surface area contributed by atoms with Gasteiger partial charge in [-0.2, -0.15) is 0 Å². The van der Waals surface area contributed by atoms with E-state index in [1.54, 1.807) is 0 Å². The van der Waals surface area contributed by atoms with Gasteiger partial charge in [0, 0.05) is 26.4 Å². The fraction of sp³-hybridized carbons (Fsp3) is 0.933. The summed E-state index contributed by atoms with van der Waals surface area (Å²) in [6.45, 7) is 17.9. The second-order valence-corrected chi connectivity index (χ2v) is 19.6. The molecule has 0 N–H and O–H groups in total. The van der Waals surface area contributed by atoms with Gasteiger partial charge in [-0.05, 0) is 102 Å². The van der Waals surface area contributed by atoms with Crippen molar-refractivity contribution in [1.29, 1.82) is 0 Å². The van der Waals surface area contributed by atoms with Gasteiger partial charge < -0.3 is 33.2 Å². The predicted octanol–water partition coefficient (Wildman–Crippen LogP) is 19.2. The Bertz CT molecular complexity index is 869. The maximum absolute atomic E-state index is 6.62. The maximum Gasteiger partial charge on any atom is 0.180 e. The molecule has 0 aliphatic rings. The number of ether oxygens (including phenoxy) is 7. The number of hydrogen-bond donors (Lipinski definition) is 0. The predicted molar refractivity (Wildman–Crippen MR) is 289 cm³/mol. The van der Waals surface area contributed by atoms with Gasteiger partial charge in [-0.3, -0.25) is 0 Å². The van der Waals surface area contributed by atoms with Gasteiger partial charge in [0.1, 0.15) is 0 Å². The number of rotatable bonds is 58. The zero-order valence-electron chi connectivity index (χ0n) is 46.0. The SMILES string of the molecule is CCCCCCCCCOC(C=CCCCCCCCCCCCC(OCCC)OCCC)OC(C=CCCCCCCCCCCCC(OCCC)OCCC)OCCCCCCCCC. The number of unbranched alkanes of at least 4 members (excludes halogenated alkanes) is 30. The molecule has 0 aromatic carbocycles. The van der Waals surface area contributed by atoms with Crippen LogP contribution in [0.25, 0.3) is 0 Å². The lowest BCUT2D eigenvalue weighted by atomic mass is 10.1. The molecule has 0 radical (unpaired) electrons. The molecule has 0 amide bonds. The summed E-state index contributed by atoms with van der Waals surface area (Å²) in [6.07, 6.45) is 57.9. The van der Waals surface area contributed by atoms with Crippen molar-refractivity contribution in [1.82, 2.24) is 0 Å². The fourth-order valence-electron chi connectivity index (χ4n) is 8.39. The summed E-state index contributed by atoms with van der Waals surface area (Å²) < 4.78 is 43.1. The molecule has 0 fully saturated rings. The van der Waals surface area contributed by atoms with Crippen LogP contribution in [-0.4, -0.2) is 64.8 Å². The van der Waals surface area contributed by atoms with Gasteiger partial charge in [0.05, 0.1) is 13.2 Å². The van der Waals surface area contributed by atoms with E-state index in [0.29, 0.717) is 0 Å².